The van der Waals surface area contributed by atoms with Crippen molar-refractivity contribution in [2.75, 3.05) is 20.1 Å². The van der Waals surface area contributed by atoms with E-state index in [-0.39, 0.29) is 12.5 Å². The van der Waals surface area contributed by atoms with Crippen LogP contribution in [0.25, 0.3) is 0 Å². The van der Waals surface area contributed by atoms with Crippen LogP contribution in [0.4, 0.5) is 0 Å². The molecule has 0 unspecified atom stereocenters. The lowest BCUT2D eigenvalue weighted by Crippen LogP contribution is -2.55. The maximum atomic E-state index is 10.9. The lowest BCUT2D eigenvalue weighted by Gasteiger charge is -2.43. The Balaban J connectivity index is 2.01. The predicted octanol–water partition coefficient (Wildman–Crippen LogP) is 1.67. The first-order valence-electron chi connectivity index (χ1n) is 6.76. The molecule has 0 amide bonds. The largest absolute Gasteiger partial charge is 0.481 e. The molecule has 2 atom stereocenters. The van der Waals surface area contributed by atoms with E-state index in [0.29, 0.717) is 6.04 Å². The first-order valence-corrected chi connectivity index (χ1v) is 6.76. The van der Waals surface area contributed by atoms with Gasteiger partial charge in [-0.15, -0.1) is 0 Å². The average molecular weight is 262 g/mol. The lowest BCUT2D eigenvalue weighted by atomic mass is 10.0. The number of hydrogen-bond acceptors (Lipinski definition) is 3. The summed E-state index contributed by atoms with van der Waals surface area (Å²) in [5, 5.41) is 8.98. The van der Waals surface area contributed by atoms with Crippen LogP contribution in [0.2, 0.25) is 0 Å². The second kappa shape index (κ2) is 6.17. The van der Waals surface area contributed by atoms with E-state index in [4.69, 9.17) is 5.11 Å². The number of benzene rings is 1. The zero-order valence-corrected chi connectivity index (χ0v) is 11.6. The van der Waals surface area contributed by atoms with Gasteiger partial charge >= 0.3 is 5.97 Å². The van der Waals surface area contributed by atoms with Crippen molar-refractivity contribution in [2.45, 2.75) is 32.0 Å². The summed E-state index contributed by atoms with van der Waals surface area (Å²) in [5.74, 6) is -0.717. The van der Waals surface area contributed by atoms with Gasteiger partial charge in [-0.25, -0.2) is 0 Å². The molecule has 1 N–H and O–H groups in total. The van der Waals surface area contributed by atoms with Crippen molar-refractivity contribution in [3.05, 3.63) is 35.9 Å². The van der Waals surface area contributed by atoms with Gasteiger partial charge in [0, 0.05) is 31.7 Å². The monoisotopic (exact) mass is 262 g/mol. The van der Waals surface area contributed by atoms with Crippen molar-refractivity contribution in [1.82, 2.24) is 9.80 Å². The lowest BCUT2D eigenvalue weighted by molar-refractivity contribution is -0.139. The second-order valence-corrected chi connectivity index (χ2v) is 5.46. The Morgan fingerprint density at radius 3 is 2.63 bits per heavy atom. The van der Waals surface area contributed by atoms with Crippen LogP contribution < -0.4 is 0 Å². The number of piperazine rings is 1. The molecule has 1 aliphatic rings. The van der Waals surface area contributed by atoms with Crippen molar-refractivity contribution >= 4 is 5.97 Å². The van der Waals surface area contributed by atoms with Gasteiger partial charge in [-0.1, -0.05) is 30.3 Å². The van der Waals surface area contributed by atoms with Gasteiger partial charge in [-0.2, -0.15) is 0 Å². The standard InChI is InChI=1S/C15H22N2O2/c1-12-9-16(2)14(8-15(18)19)11-17(12)10-13-6-4-3-5-7-13/h3-7,12,14H,8-11H2,1-2H3,(H,18,19)/t12-,14-/m1/s1. The van der Waals surface area contributed by atoms with Crippen molar-refractivity contribution in [3.63, 3.8) is 0 Å². The number of rotatable bonds is 4. The summed E-state index contributed by atoms with van der Waals surface area (Å²) >= 11 is 0. The number of aliphatic carboxylic acids is 1. The minimum atomic E-state index is -0.717. The fourth-order valence-corrected chi connectivity index (χ4v) is 2.73. The summed E-state index contributed by atoms with van der Waals surface area (Å²) in [6.45, 7) is 4.84. The molecule has 1 aromatic carbocycles. The van der Waals surface area contributed by atoms with Crippen LogP contribution in [0.15, 0.2) is 30.3 Å². The highest BCUT2D eigenvalue weighted by Crippen LogP contribution is 2.18. The normalized spacial score (nSPS) is 25.4. The van der Waals surface area contributed by atoms with E-state index in [1.807, 2.05) is 25.2 Å². The van der Waals surface area contributed by atoms with Crippen LogP contribution >= 0.6 is 0 Å². The van der Waals surface area contributed by atoms with E-state index < -0.39 is 5.97 Å². The van der Waals surface area contributed by atoms with Crippen molar-refractivity contribution < 1.29 is 9.90 Å². The zero-order chi connectivity index (χ0) is 13.8. The Morgan fingerprint density at radius 2 is 2.00 bits per heavy atom. The van der Waals surface area contributed by atoms with E-state index in [2.05, 4.69) is 28.9 Å². The summed E-state index contributed by atoms with van der Waals surface area (Å²) < 4.78 is 0. The molecular formula is C15H22N2O2. The van der Waals surface area contributed by atoms with Crippen LogP contribution in [0.5, 0.6) is 0 Å². The highest BCUT2D eigenvalue weighted by molar-refractivity contribution is 5.67. The number of carboxylic acids is 1. The van der Waals surface area contributed by atoms with Gasteiger partial charge in [0.2, 0.25) is 0 Å². The minimum Gasteiger partial charge on any atom is -0.481 e. The Morgan fingerprint density at radius 1 is 1.32 bits per heavy atom. The van der Waals surface area contributed by atoms with Crippen molar-refractivity contribution in [2.24, 2.45) is 0 Å². The van der Waals surface area contributed by atoms with E-state index in [1.54, 1.807) is 0 Å². The topological polar surface area (TPSA) is 43.8 Å². The van der Waals surface area contributed by atoms with Crippen LogP contribution in [-0.4, -0.2) is 53.1 Å². The third-order valence-electron chi connectivity index (χ3n) is 3.88. The fourth-order valence-electron chi connectivity index (χ4n) is 2.73. The van der Waals surface area contributed by atoms with Gasteiger partial charge in [-0.05, 0) is 19.5 Å². The molecule has 4 nitrogen and oxygen atoms in total. The molecule has 0 saturated carbocycles. The van der Waals surface area contributed by atoms with E-state index in [1.165, 1.54) is 5.56 Å². The number of carboxylic acid groups (broad SMARTS) is 1. The smallest absolute Gasteiger partial charge is 0.304 e. The Bertz CT molecular complexity index is 421. The molecule has 2 rings (SSSR count). The first kappa shape index (κ1) is 14.0. The molecule has 0 bridgehead atoms. The Kier molecular flexibility index (Phi) is 4.56. The molecule has 0 spiro atoms. The van der Waals surface area contributed by atoms with Crippen molar-refractivity contribution in [1.29, 1.82) is 0 Å². The summed E-state index contributed by atoms with van der Waals surface area (Å²) in [7, 11) is 2.02. The van der Waals surface area contributed by atoms with Gasteiger partial charge in [0.1, 0.15) is 0 Å². The molecule has 1 heterocycles. The third-order valence-corrected chi connectivity index (χ3v) is 3.88. The Labute approximate surface area is 114 Å². The van der Waals surface area contributed by atoms with Gasteiger partial charge in [0.05, 0.1) is 6.42 Å². The molecule has 1 saturated heterocycles. The van der Waals surface area contributed by atoms with Crippen LogP contribution in [0.1, 0.15) is 18.9 Å². The molecule has 104 valence electrons. The summed E-state index contributed by atoms with van der Waals surface area (Å²) in [4.78, 5) is 15.5. The summed E-state index contributed by atoms with van der Waals surface area (Å²) in [6, 6.07) is 10.9. The van der Waals surface area contributed by atoms with Gasteiger partial charge in [0.25, 0.3) is 0 Å². The number of likely N-dealkylation sites (N-methyl/N-ethyl adjacent to an activating group) is 1. The molecule has 1 aromatic rings. The Hall–Kier alpha value is -1.39. The van der Waals surface area contributed by atoms with Crippen LogP contribution in [0.3, 0.4) is 0 Å². The summed E-state index contributed by atoms with van der Waals surface area (Å²) in [6.07, 6.45) is 0.217. The molecule has 0 aliphatic carbocycles. The molecule has 0 radical (unpaired) electrons. The maximum absolute atomic E-state index is 10.9. The van der Waals surface area contributed by atoms with Crippen LogP contribution in [-0.2, 0) is 11.3 Å². The highest BCUT2D eigenvalue weighted by atomic mass is 16.4. The van der Waals surface area contributed by atoms with E-state index in [0.717, 1.165) is 19.6 Å². The minimum absolute atomic E-state index is 0.109. The van der Waals surface area contributed by atoms with Gasteiger partial charge < -0.3 is 10.0 Å². The predicted molar refractivity (Wildman–Crippen MR) is 75.0 cm³/mol. The molecule has 1 fully saturated rings. The summed E-state index contributed by atoms with van der Waals surface area (Å²) in [5.41, 5.74) is 1.29. The average Bonchev–Trinajstić information content (AvgIpc) is 2.36. The van der Waals surface area contributed by atoms with E-state index >= 15 is 0 Å². The SMILES string of the molecule is C[C@@H]1CN(C)[C@H](CC(=O)O)CN1Cc1ccccc1. The molecular weight excluding hydrogens is 240 g/mol. The second-order valence-electron chi connectivity index (χ2n) is 5.46. The zero-order valence-electron chi connectivity index (χ0n) is 11.6. The van der Waals surface area contributed by atoms with Gasteiger partial charge in [0.15, 0.2) is 0 Å². The molecule has 0 aromatic heterocycles. The molecule has 4 heteroatoms. The van der Waals surface area contributed by atoms with Crippen LogP contribution in [0, 0.1) is 0 Å². The molecule has 19 heavy (non-hydrogen) atoms. The fraction of sp³-hybridized carbons (Fsp3) is 0.533. The first-order chi connectivity index (χ1) is 9.06. The quantitative estimate of drug-likeness (QED) is 0.896. The highest BCUT2D eigenvalue weighted by Gasteiger charge is 2.30. The van der Waals surface area contributed by atoms with Crippen molar-refractivity contribution in [3.8, 4) is 0 Å². The van der Waals surface area contributed by atoms with E-state index in [9.17, 15) is 4.79 Å². The van der Waals surface area contributed by atoms with Gasteiger partial charge in [-0.3, -0.25) is 9.69 Å². The number of nitrogens with zero attached hydrogens (tertiary/aromatic N) is 2. The number of hydrogen-bond donors (Lipinski definition) is 1. The molecule has 1 aliphatic heterocycles. The maximum Gasteiger partial charge on any atom is 0.304 e. The third kappa shape index (κ3) is 3.78. The number of carbonyl (C=O) groups is 1.